The summed E-state index contributed by atoms with van der Waals surface area (Å²) in [6, 6.07) is -0.268. The number of rotatable bonds is 4. The molecule has 2 fully saturated rings. The molecule has 2 aliphatic heterocycles. The molecule has 0 amide bonds. The van der Waals surface area contributed by atoms with E-state index in [0.717, 1.165) is 25.9 Å². The first kappa shape index (κ1) is 12.2. The predicted octanol–water partition coefficient (Wildman–Crippen LogP) is 0.854. The fourth-order valence-corrected chi connectivity index (χ4v) is 2.17. The lowest BCUT2D eigenvalue weighted by molar-refractivity contribution is -0.167. The lowest BCUT2D eigenvalue weighted by Gasteiger charge is -2.24. The number of halogens is 1. The summed E-state index contributed by atoms with van der Waals surface area (Å²) in [5.74, 6) is 0. The number of methoxy groups -OCH3 is 1. The normalized spacial score (nSPS) is 40.1. The Morgan fingerprint density at radius 3 is 2.94 bits per heavy atom. The summed E-state index contributed by atoms with van der Waals surface area (Å²) < 4.78 is 29.7. The molecule has 16 heavy (non-hydrogen) atoms. The summed E-state index contributed by atoms with van der Waals surface area (Å²) in [5, 5.41) is 3.07. The highest BCUT2D eigenvalue weighted by Gasteiger charge is 2.36. The Kier molecular flexibility index (Phi) is 4.52. The minimum atomic E-state index is -0.992. The van der Waals surface area contributed by atoms with E-state index in [2.05, 4.69) is 5.32 Å². The van der Waals surface area contributed by atoms with Crippen molar-refractivity contribution >= 4 is 0 Å². The molecule has 4 nitrogen and oxygen atoms in total. The SMILES string of the molecule is CO[C@H]1CN[C@@H](COC2CCCCO2)[C@@H]1F. The quantitative estimate of drug-likeness (QED) is 0.781. The molecule has 0 saturated carbocycles. The molecule has 94 valence electrons. The molecular weight excluding hydrogens is 213 g/mol. The summed E-state index contributed by atoms with van der Waals surface area (Å²) in [7, 11) is 1.53. The van der Waals surface area contributed by atoms with Crippen LogP contribution < -0.4 is 5.32 Å². The van der Waals surface area contributed by atoms with E-state index in [9.17, 15) is 4.39 Å². The van der Waals surface area contributed by atoms with Gasteiger partial charge >= 0.3 is 0 Å². The van der Waals surface area contributed by atoms with E-state index in [4.69, 9.17) is 14.2 Å². The van der Waals surface area contributed by atoms with Gasteiger partial charge in [-0.3, -0.25) is 0 Å². The maximum atomic E-state index is 13.7. The van der Waals surface area contributed by atoms with Gasteiger partial charge in [0.05, 0.1) is 12.6 Å². The second kappa shape index (κ2) is 5.91. The monoisotopic (exact) mass is 233 g/mol. The molecule has 1 unspecified atom stereocenters. The van der Waals surface area contributed by atoms with Gasteiger partial charge in [0, 0.05) is 20.3 Å². The standard InChI is InChI=1S/C11H20FNO3/c1-14-9-6-13-8(11(9)12)7-16-10-4-2-3-5-15-10/h8-11,13H,2-7H2,1H3/t8-,9-,10?,11-/m0/s1. The summed E-state index contributed by atoms with van der Waals surface area (Å²) in [5.41, 5.74) is 0. The highest BCUT2D eigenvalue weighted by atomic mass is 19.1. The smallest absolute Gasteiger partial charge is 0.157 e. The first-order chi connectivity index (χ1) is 7.81. The molecule has 2 heterocycles. The summed E-state index contributed by atoms with van der Waals surface area (Å²) in [4.78, 5) is 0. The Morgan fingerprint density at radius 1 is 1.44 bits per heavy atom. The molecule has 2 aliphatic rings. The number of hydrogen-bond donors (Lipinski definition) is 1. The van der Waals surface area contributed by atoms with E-state index in [1.807, 2.05) is 0 Å². The highest BCUT2D eigenvalue weighted by molar-refractivity contribution is 4.91. The van der Waals surface area contributed by atoms with Gasteiger partial charge in [-0.05, 0) is 19.3 Å². The molecule has 0 aliphatic carbocycles. The van der Waals surface area contributed by atoms with Crippen LogP contribution in [0.3, 0.4) is 0 Å². The fraction of sp³-hybridized carbons (Fsp3) is 1.00. The number of alkyl halides is 1. The molecule has 0 bridgehead atoms. The zero-order valence-electron chi connectivity index (χ0n) is 9.65. The van der Waals surface area contributed by atoms with Gasteiger partial charge in [-0.25, -0.2) is 4.39 Å². The Bertz CT molecular complexity index is 211. The van der Waals surface area contributed by atoms with E-state index in [1.54, 1.807) is 0 Å². The second-order valence-corrected chi connectivity index (χ2v) is 4.36. The van der Waals surface area contributed by atoms with E-state index < -0.39 is 6.17 Å². The van der Waals surface area contributed by atoms with Gasteiger partial charge in [0.2, 0.25) is 0 Å². The third kappa shape index (κ3) is 2.91. The minimum Gasteiger partial charge on any atom is -0.377 e. The Morgan fingerprint density at radius 2 is 2.31 bits per heavy atom. The molecular formula is C11H20FNO3. The van der Waals surface area contributed by atoms with Crippen LogP contribution in [0.2, 0.25) is 0 Å². The number of hydrogen-bond acceptors (Lipinski definition) is 4. The van der Waals surface area contributed by atoms with Crippen molar-refractivity contribution in [2.75, 3.05) is 26.9 Å². The van der Waals surface area contributed by atoms with Crippen LogP contribution in [-0.4, -0.2) is 51.5 Å². The van der Waals surface area contributed by atoms with E-state index in [1.165, 1.54) is 7.11 Å². The first-order valence-electron chi connectivity index (χ1n) is 5.94. The van der Waals surface area contributed by atoms with Gasteiger partial charge in [0.15, 0.2) is 6.29 Å². The molecule has 2 saturated heterocycles. The molecule has 4 atom stereocenters. The fourth-order valence-electron chi connectivity index (χ4n) is 2.17. The van der Waals surface area contributed by atoms with Gasteiger partial charge in [0.1, 0.15) is 12.3 Å². The zero-order chi connectivity index (χ0) is 11.4. The van der Waals surface area contributed by atoms with Crippen LogP contribution in [0.1, 0.15) is 19.3 Å². The number of nitrogens with one attached hydrogen (secondary N) is 1. The van der Waals surface area contributed by atoms with Gasteiger partial charge < -0.3 is 19.5 Å². The summed E-state index contributed by atoms with van der Waals surface area (Å²) in [6.07, 6.45) is 1.65. The zero-order valence-corrected chi connectivity index (χ0v) is 9.65. The second-order valence-electron chi connectivity index (χ2n) is 4.36. The van der Waals surface area contributed by atoms with Crippen LogP contribution in [0.4, 0.5) is 4.39 Å². The van der Waals surface area contributed by atoms with E-state index >= 15 is 0 Å². The molecule has 0 aromatic rings. The minimum absolute atomic E-state index is 0.149. The average Bonchev–Trinajstić information content (AvgIpc) is 2.69. The van der Waals surface area contributed by atoms with Gasteiger partial charge in [-0.2, -0.15) is 0 Å². The van der Waals surface area contributed by atoms with Crippen molar-refractivity contribution in [1.29, 1.82) is 0 Å². The number of ether oxygens (including phenoxy) is 3. The van der Waals surface area contributed by atoms with E-state index in [0.29, 0.717) is 13.2 Å². The molecule has 5 heteroatoms. The van der Waals surface area contributed by atoms with Crippen LogP contribution >= 0.6 is 0 Å². The average molecular weight is 233 g/mol. The maximum Gasteiger partial charge on any atom is 0.157 e. The molecule has 1 N–H and O–H groups in total. The molecule has 0 aromatic heterocycles. The largest absolute Gasteiger partial charge is 0.377 e. The van der Waals surface area contributed by atoms with Crippen LogP contribution in [0.25, 0.3) is 0 Å². The van der Waals surface area contributed by atoms with Crippen molar-refractivity contribution in [2.45, 2.75) is 43.9 Å². The van der Waals surface area contributed by atoms with Crippen molar-refractivity contribution in [3.8, 4) is 0 Å². The van der Waals surface area contributed by atoms with Crippen molar-refractivity contribution in [3.63, 3.8) is 0 Å². The Balaban J connectivity index is 1.69. The molecule has 0 aromatic carbocycles. The van der Waals surface area contributed by atoms with Crippen molar-refractivity contribution < 1.29 is 18.6 Å². The first-order valence-corrected chi connectivity index (χ1v) is 5.94. The molecule has 0 radical (unpaired) electrons. The van der Waals surface area contributed by atoms with Crippen LogP contribution in [0, 0.1) is 0 Å². The van der Waals surface area contributed by atoms with E-state index in [-0.39, 0.29) is 18.4 Å². The highest BCUT2D eigenvalue weighted by Crippen LogP contribution is 2.18. The lowest BCUT2D eigenvalue weighted by Crippen LogP contribution is -2.37. The lowest BCUT2D eigenvalue weighted by atomic mass is 10.2. The third-order valence-corrected chi connectivity index (χ3v) is 3.22. The summed E-state index contributed by atoms with van der Waals surface area (Å²) in [6.45, 7) is 1.66. The van der Waals surface area contributed by atoms with Crippen molar-refractivity contribution in [3.05, 3.63) is 0 Å². The van der Waals surface area contributed by atoms with Crippen molar-refractivity contribution in [2.24, 2.45) is 0 Å². The van der Waals surface area contributed by atoms with Crippen molar-refractivity contribution in [1.82, 2.24) is 5.32 Å². The van der Waals surface area contributed by atoms with Crippen LogP contribution in [-0.2, 0) is 14.2 Å². The molecule has 2 rings (SSSR count). The van der Waals surface area contributed by atoms with Gasteiger partial charge in [-0.15, -0.1) is 0 Å². The Labute approximate surface area is 95.4 Å². The van der Waals surface area contributed by atoms with Gasteiger partial charge in [-0.1, -0.05) is 0 Å². The topological polar surface area (TPSA) is 39.7 Å². The van der Waals surface area contributed by atoms with Gasteiger partial charge in [0.25, 0.3) is 0 Å². The predicted molar refractivity (Wildman–Crippen MR) is 57.0 cm³/mol. The third-order valence-electron chi connectivity index (χ3n) is 3.22. The maximum absolute atomic E-state index is 13.7. The molecule has 0 spiro atoms. The Hall–Kier alpha value is -0.230. The van der Waals surface area contributed by atoms with Crippen LogP contribution in [0.15, 0.2) is 0 Å². The van der Waals surface area contributed by atoms with Crippen LogP contribution in [0.5, 0.6) is 0 Å². The summed E-state index contributed by atoms with van der Waals surface area (Å²) >= 11 is 0.